The van der Waals surface area contributed by atoms with Crippen molar-refractivity contribution in [3.8, 4) is 0 Å². The second kappa shape index (κ2) is 12.7. The number of hydrogen-bond donors (Lipinski definition) is 0. The lowest BCUT2D eigenvalue weighted by Crippen LogP contribution is -2.21. The van der Waals surface area contributed by atoms with Gasteiger partial charge in [-0.3, -0.25) is 0 Å². The molecule has 10 heteroatoms. The lowest BCUT2D eigenvalue weighted by atomic mass is 10.2. The van der Waals surface area contributed by atoms with Gasteiger partial charge in [0, 0.05) is 0 Å². The minimum Gasteiger partial charge on any atom is -0.432 e. The summed E-state index contributed by atoms with van der Waals surface area (Å²) in [5, 5.41) is 8.57. The van der Waals surface area contributed by atoms with Crippen LogP contribution in [-0.2, 0) is 39.1 Å². The van der Waals surface area contributed by atoms with Crippen LogP contribution in [0.2, 0.25) is 0 Å². The van der Waals surface area contributed by atoms with Crippen LogP contribution in [0.25, 0.3) is 0 Å². The molecular formula is C16H30O10. The van der Waals surface area contributed by atoms with Gasteiger partial charge in [-0.15, -0.1) is 0 Å². The van der Waals surface area contributed by atoms with E-state index in [1.807, 2.05) is 0 Å². The summed E-state index contributed by atoms with van der Waals surface area (Å²) in [6.45, 7) is 10.8. The molecule has 0 atom stereocenters. The molecule has 0 bridgehead atoms. The highest BCUT2D eigenvalue weighted by Crippen LogP contribution is 2.09. The zero-order valence-electron chi connectivity index (χ0n) is 16.3. The zero-order chi connectivity index (χ0) is 20.1. The van der Waals surface area contributed by atoms with Crippen molar-refractivity contribution in [2.75, 3.05) is 13.2 Å². The summed E-state index contributed by atoms with van der Waals surface area (Å²) in [6, 6.07) is 0. The largest absolute Gasteiger partial charge is 0.542 e. The lowest BCUT2D eigenvalue weighted by molar-refractivity contribution is -0.514. The van der Waals surface area contributed by atoms with Crippen molar-refractivity contribution in [2.24, 2.45) is 0 Å². The van der Waals surface area contributed by atoms with Crippen LogP contribution in [-0.4, -0.2) is 36.7 Å². The lowest BCUT2D eigenvalue weighted by Gasteiger charge is -2.15. The summed E-state index contributed by atoms with van der Waals surface area (Å²) in [6.07, 6.45) is 0.851. The normalized spacial score (nSPS) is 11.8. The van der Waals surface area contributed by atoms with Crippen LogP contribution in [0.1, 0.15) is 67.2 Å². The summed E-state index contributed by atoms with van der Waals surface area (Å²) >= 11 is 0. The highest BCUT2D eigenvalue weighted by Gasteiger charge is 2.15. The van der Waals surface area contributed by atoms with Gasteiger partial charge >= 0.3 is 12.3 Å². The van der Waals surface area contributed by atoms with Crippen molar-refractivity contribution in [3.63, 3.8) is 0 Å². The van der Waals surface area contributed by atoms with Crippen molar-refractivity contribution >= 4 is 12.3 Å². The molecule has 0 unspecified atom stereocenters. The van der Waals surface area contributed by atoms with E-state index >= 15 is 0 Å². The van der Waals surface area contributed by atoms with Crippen LogP contribution in [0, 0.1) is 0 Å². The fourth-order valence-corrected chi connectivity index (χ4v) is 1.21. The minimum atomic E-state index is -0.974. The molecule has 0 fully saturated rings. The summed E-state index contributed by atoms with van der Waals surface area (Å²) in [4.78, 5) is 40.3. The summed E-state index contributed by atoms with van der Waals surface area (Å²) in [5.74, 6) is 0. The van der Waals surface area contributed by atoms with Crippen molar-refractivity contribution in [1.82, 2.24) is 0 Å². The summed E-state index contributed by atoms with van der Waals surface area (Å²) in [5.41, 5.74) is -1.19. The second-order valence-electron chi connectivity index (χ2n) is 7.31. The molecule has 0 aromatic heterocycles. The maximum absolute atomic E-state index is 11.1. The van der Waals surface area contributed by atoms with Crippen molar-refractivity contribution in [1.29, 1.82) is 0 Å². The highest BCUT2D eigenvalue weighted by atomic mass is 17.5. The molecule has 0 heterocycles. The molecule has 10 nitrogen and oxygen atoms in total. The number of rotatable bonds is 11. The third-order valence-corrected chi connectivity index (χ3v) is 2.25. The first-order chi connectivity index (χ1) is 12.0. The van der Waals surface area contributed by atoms with Crippen LogP contribution in [0.5, 0.6) is 0 Å². The van der Waals surface area contributed by atoms with Crippen LogP contribution in [0.3, 0.4) is 0 Å². The summed E-state index contributed by atoms with van der Waals surface area (Å²) < 4.78 is 9.54. The van der Waals surface area contributed by atoms with Crippen LogP contribution in [0.4, 0.5) is 9.59 Å². The Hall–Kier alpha value is -1.62. The molecule has 0 aliphatic rings. The van der Waals surface area contributed by atoms with E-state index in [-0.39, 0.29) is 13.2 Å². The van der Waals surface area contributed by atoms with Crippen molar-refractivity contribution < 1.29 is 48.7 Å². The van der Waals surface area contributed by atoms with E-state index in [1.54, 1.807) is 41.5 Å². The van der Waals surface area contributed by atoms with Gasteiger partial charge in [0.15, 0.2) is 0 Å². The smallest absolute Gasteiger partial charge is 0.432 e. The predicted octanol–water partition coefficient (Wildman–Crippen LogP) is 4.18. The molecular weight excluding hydrogens is 352 g/mol. The maximum Gasteiger partial charge on any atom is 0.542 e. The maximum atomic E-state index is 11.1. The Labute approximate surface area is 153 Å². The van der Waals surface area contributed by atoms with E-state index in [9.17, 15) is 9.59 Å². The number of hydrogen-bond acceptors (Lipinski definition) is 10. The zero-order valence-corrected chi connectivity index (χ0v) is 16.3. The first-order valence-corrected chi connectivity index (χ1v) is 8.38. The Morgan fingerprint density at radius 1 is 0.615 bits per heavy atom. The van der Waals surface area contributed by atoms with E-state index < -0.39 is 23.5 Å². The average Bonchev–Trinajstić information content (AvgIpc) is 2.47. The molecule has 0 aromatic carbocycles. The summed E-state index contributed by atoms with van der Waals surface area (Å²) in [7, 11) is 0. The molecule has 0 amide bonds. The second-order valence-corrected chi connectivity index (χ2v) is 7.31. The van der Waals surface area contributed by atoms with Gasteiger partial charge in [0.2, 0.25) is 0 Å². The van der Waals surface area contributed by atoms with Crippen LogP contribution in [0.15, 0.2) is 0 Å². The van der Waals surface area contributed by atoms with Gasteiger partial charge in [0.05, 0.1) is 24.4 Å². The number of unbranched alkanes of at least 4 members (excludes halogenated alkanes) is 3. The fourth-order valence-electron chi connectivity index (χ4n) is 1.21. The molecule has 0 rings (SSSR count). The minimum absolute atomic E-state index is 0.179. The fraction of sp³-hybridized carbons (Fsp3) is 0.875. The standard InChI is InChI=1S/C16H30O10/c1-15(2,3)23-25-21-13(17)19-11-9-7-8-10-12-20-14(18)22-26-24-16(4,5)6/h7-12H2,1-6H3. The number of carbonyl (C=O) groups is 2. The van der Waals surface area contributed by atoms with E-state index in [4.69, 9.17) is 19.2 Å². The van der Waals surface area contributed by atoms with Crippen LogP contribution >= 0.6 is 0 Å². The Morgan fingerprint density at radius 2 is 0.962 bits per heavy atom. The van der Waals surface area contributed by atoms with Gasteiger partial charge in [-0.2, -0.15) is 9.78 Å². The van der Waals surface area contributed by atoms with E-state index in [0.717, 1.165) is 12.8 Å². The third kappa shape index (κ3) is 18.7. The molecule has 0 saturated carbocycles. The molecule has 0 radical (unpaired) electrons. The quantitative estimate of drug-likeness (QED) is 0.223. The van der Waals surface area contributed by atoms with Gasteiger partial charge in [-0.1, -0.05) is 0 Å². The topological polar surface area (TPSA) is 108 Å². The van der Waals surface area contributed by atoms with E-state index in [2.05, 4.69) is 19.9 Å². The van der Waals surface area contributed by atoms with Crippen molar-refractivity contribution in [3.05, 3.63) is 0 Å². The van der Waals surface area contributed by atoms with Gasteiger partial charge in [0.25, 0.3) is 0 Å². The SMILES string of the molecule is CC(C)(C)OOOC(=O)OCCCCCCOC(=O)OOOC(C)(C)C. The first kappa shape index (κ1) is 24.4. The van der Waals surface area contributed by atoms with Gasteiger partial charge in [-0.25, -0.2) is 19.4 Å². The average molecular weight is 382 g/mol. The van der Waals surface area contributed by atoms with Gasteiger partial charge in [0.1, 0.15) is 0 Å². The van der Waals surface area contributed by atoms with Crippen LogP contribution < -0.4 is 0 Å². The van der Waals surface area contributed by atoms with Gasteiger partial charge in [-0.05, 0) is 77.3 Å². The van der Waals surface area contributed by atoms with Crippen molar-refractivity contribution in [2.45, 2.75) is 78.4 Å². The molecule has 0 aliphatic heterocycles. The number of ether oxygens (including phenoxy) is 2. The third-order valence-electron chi connectivity index (χ3n) is 2.25. The number of carbonyl (C=O) groups excluding carboxylic acids is 2. The molecule has 0 N–H and O–H groups in total. The molecule has 26 heavy (non-hydrogen) atoms. The Balaban J connectivity index is 3.40. The van der Waals surface area contributed by atoms with E-state index in [1.165, 1.54) is 0 Å². The monoisotopic (exact) mass is 382 g/mol. The molecule has 0 saturated heterocycles. The molecule has 0 aromatic rings. The molecule has 154 valence electrons. The molecule has 0 aliphatic carbocycles. The Morgan fingerprint density at radius 3 is 1.27 bits per heavy atom. The first-order valence-electron chi connectivity index (χ1n) is 8.38. The van der Waals surface area contributed by atoms with Gasteiger partial charge < -0.3 is 9.47 Å². The highest BCUT2D eigenvalue weighted by molar-refractivity contribution is 5.59. The predicted molar refractivity (Wildman–Crippen MR) is 87.2 cm³/mol. The Kier molecular flexibility index (Phi) is 11.9. The molecule has 0 spiro atoms. The van der Waals surface area contributed by atoms with E-state index in [0.29, 0.717) is 12.8 Å². The Bertz CT molecular complexity index is 359.